The molecule has 1 heterocycles. The van der Waals surface area contributed by atoms with Crippen molar-refractivity contribution < 1.29 is 27.9 Å². The molecule has 1 atom stereocenters. The summed E-state index contributed by atoms with van der Waals surface area (Å²) in [7, 11) is -2.94. The molecular weight excluding hydrogens is 294 g/mol. The first-order valence-electron chi connectivity index (χ1n) is 5.24. The Morgan fingerprint density at radius 1 is 1.53 bits per heavy atom. The van der Waals surface area contributed by atoms with Crippen LogP contribution in [-0.4, -0.2) is 38.6 Å². The van der Waals surface area contributed by atoms with E-state index in [2.05, 4.69) is 4.74 Å². The third-order valence-electron chi connectivity index (χ3n) is 2.29. The summed E-state index contributed by atoms with van der Waals surface area (Å²) < 4.78 is 30.6. The molecule has 2 N–H and O–H groups in total. The zero-order valence-electron chi connectivity index (χ0n) is 10.2. The molecule has 0 amide bonds. The lowest BCUT2D eigenvalue weighted by Gasteiger charge is -2.12. The molecule has 19 heavy (non-hydrogen) atoms. The number of sulfonamides is 1. The van der Waals surface area contributed by atoms with Crippen molar-refractivity contribution in [1.29, 1.82) is 0 Å². The summed E-state index contributed by atoms with van der Waals surface area (Å²) in [6.45, 7) is 1.54. The Morgan fingerprint density at radius 2 is 2.16 bits per heavy atom. The fraction of sp³-hybridized carbons (Fsp3) is 0.400. The summed E-state index contributed by atoms with van der Waals surface area (Å²) in [4.78, 5) is 21.9. The molecule has 1 aromatic heterocycles. The van der Waals surface area contributed by atoms with Crippen LogP contribution in [0.3, 0.4) is 0 Å². The van der Waals surface area contributed by atoms with E-state index in [0.717, 1.165) is 18.4 Å². The van der Waals surface area contributed by atoms with Crippen LogP contribution >= 0.6 is 11.3 Å². The van der Waals surface area contributed by atoms with Crippen LogP contribution in [0.5, 0.6) is 0 Å². The van der Waals surface area contributed by atoms with E-state index in [-0.39, 0.29) is 16.2 Å². The molecular formula is C10H13NO6S2. The van der Waals surface area contributed by atoms with E-state index in [1.807, 2.05) is 4.72 Å². The minimum Gasteiger partial charge on any atom is -0.480 e. The number of rotatable bonds is 6. The van der Waals surface area contributed by atoms with Crippen LogP contribution in [-0.2, 0) is 19.6 Å². The molecule has 0 aliphatic rings. The number of hydrogen-bond donors (Lipinski definition) is 2. The lowest BCUT2D eigenvalue weighted by molar-refractivity contribution is -0.139. The number of ether oxygens (including phenoxy) is 1. The number of carbonyl (C=O) groups excluding carboxylic acids is 1. The molecule has 0 aliphatic carbocycles. The second kappa shape index (κ2) is 6.13. The Bertz CT molecular complexity index is 577. The van der Waals surface area contributed by atoms with Gasteiger partial charge in [-0.15, -0.1) is 11.3 Å². The van der Waals surface area contributed by atoms with E-state index in [4.69, 9.17) is 5.11 Å². The van der Waals surface area contributed by atoms with E-state index in [9.17, 15) is 18.0 Å². The number of nitrogens with one attached hydrogen (secondary N) is 1. The molecule has 9 heteroatoms. The third kappa shape index (κ3) is 3.52. The first-order valence-corrected chi connectivity index (χ1v) is 7.60. The molecule has 7 nitrogen and oxygen atoms in total. The van der Waals surface area contributed by atoms with Crippen molar-refractivity contribution in [2.45, 2.75) is 24.3 Å². The molecule has 0 radical (unpaired) electrons. The first-order chi connectivity index (χ1) is 8.83. The Kier molecular flexibility index (Phi) is 5.04. The average Bonchev–Trinajstić information content (AvgIpc) is 2.84. The van der Waals surface area contributed by atoms with Crippen molar-refractivity contribution in [3.8, 4) is 0 Å². The molecule has 0 saturated carbocycles. The number of carboxylic acid groups (broad SMARTS) is 1. The minimum absolute atomic E-state index is 0.0877. The number of thiophene rings is 1. The molecule has 0 bridgehead atoms. The third-order valence-corrected chi connectivity index (χ3v) is 4.83. The SMILES string of the molecule is CC[C@@H](NS(=O)(=O)c1ccsc1C(=O)OC)C(=O)O. The van der Waals surface area contributed by atoms with Gasteiger partial charge in [0.2, 0.25) is 10.0 Å². The quantitative estimate of drug-likeness (QED) is 0.748. The number of esters is 1. The van der Waals surface area contributed by atoms with Crippen LogP contribution in [0.4, 0.5) is 0 Å². The number of carboxylic acids is 1. The highest BCUT2D eigenvalue weighted by atomic mass is 32.2. The van der Waals surface area contributed by atoms with Gasteiger partial charge in [-0.2, -0.15) is 4.72 Å². The maximum absolute atomic E-state index is 12.0. The predicted octanol–water partition coefficient (Wildman–Crippen LogP) is 0.676. The second-order valence-corrected chi connectivity index (χ2v) is 6.12. The summed E-state index contributed by atoms with van der Waals surface area (Å²) in [6, 6.07) is -0.0104. The molecule has 0 fully saturated rings. The lowest BCUT2D eigenvalue weighted by atomic mass is 10.2. The van der Waals surface area contributed by atoms with Crippen molar-refractivity contribution in [2.24, 2.45) is 0 Å². The zero-order valence-corrected chi connectivity index (χ0v) is 11.9. The second-order valence-electron chi connectivity index (χ2n) is 3.53. The van der Waals surface area contributed by atoms with Gasteiger partial charge >= 0.3 is 11.9 Å². The summed E-state index contributed by atoms with van der Waals surface area (Å²) in [5.74, 6) is -2.06. The minimum atomic E-state index is -4.08. The van der Waals surface area contributed by atoms with Gasteiger partial charge < -0.3 is 9.84 Å². The van der Waals surface area contributed by atoms with E-state index >= 15 is 0 Å². The van der Waals surface area contributed by atoms with Crippen molar-refractivity contribution in [2.75, 3.05) is 7.11 Å². The summed E-state index contributed by atoms with van der Waals surface area (Å²) in [5, 5.41) is 10.3. The Balaban J connectivity index is 3.11. The van der Waals surface area contributed by atoms with E-state index in [1.165, 1.54) is 18.4 Å². The summed E-state index contributed by atoms with van der Waals surface area (Å²) >= 11 is 0.911. The average molecular weight is 307 g/mol. The summed E-state index contributed by atoms with van der Waals surface area (Å²) in [6.07, 6.45) is 0.0895. The number of carbonyl (C=O) groups is 2. The number of aliphatic carboxylic acids is 1. The van der Waals surface area contributed by atoms with Crippen molar-refractivity contribution in [1.82, 2.24) is 4.72 Å². The molecule has 0 aliphatic heterocycles. The Morgan fingerprint density at radius 3 is 2.63 bits per heavy atom. The fourth-order valence-corrected chi connectivity index (χ4v) is 3.92. The topological polar surface area (TPSA) is 110 Å². The van der Waals surface area contributed by atoms with Crippen LogP contribution in [0.1, 0.15) is 23.0 Å². The lowest BCUT2D eigenvalue weighted by Crippen LogP contribution is -2.40. The molecule has 0 saturated heterocycles. The number of hydrogen-bond acceptors (Lipinski definition) is 6. The Hall–Kier alpha value is -1.45. The number of methoxy groups -OCH3 is 1. The first kappa shape index (κ1) is 15.6. The standard InChI is InChI=1S/C10H13NO6S2/c1-3-6(9(12)13)11-19(15,16)7-4-5-18-8(7)10(14)17-2/h4-6,11H,3H2,1-2H3,(H,12,13)/t6-/m1/s1. The van der Waals surface area contributed by atoms with Gasteiger partial charge in [0.25, 0.3) is 0 Å². The maximum atomic E-state index is 12.0. The van der Waals surface area contributed by atoms with Crippen LogP contribution < -0.4 is 4.72 Å². The summed E-state index contributed by atoms with van der Waals surface area (Å²) in [5.41, 5.74) is 0. The van der Waals surface area contributed by atoms with Gasteiger partial charge in [-0.05, 0) is 17.9 Å². The zero-order chi connectivity index (χ0) is 14.6. The van der Waals surface area contributed by atoms with Gasteiger partial charge in [-0.3, -0.25) is 4.79 Å². The van der Waals surface area contributed by atoms with Gasteiger partial charge in [0.05, 0.1) is 7.11 Å². The largest absolute Gasteiger partial charge is 0.480 e. The van der Waals surface area contributed by atoms with E-state index in [0.29, 0.717) is 0 Å². The van der Waals surface area contributed by atoms with Crippen LogP contribution in [0.15, 0.2) is 16.3 Å². The van der Waals surface area contributed by atoms with Crippen molar-refractivity contribution in [3.63, 3.8) is 0 Å². The monoisotopic (exact) mass is 307 g/mol. The van der Waals surface area contributed by atoms with Gasteiger partial charge in [0, 0.05) is 0 Å². The molecule has 0 aromatic carbocycles. The highest BCUT2D eigenvalue weighted by Gasteiger charge is 2.28. The molecule has 106 valence electrons. The highest BCUT2D eigenvalue weighted by molar-refractivity contribution is 7.89. The van der Waals surface area contributed by atoms with Crippen molar-refractivity contribution >= 4 is 33.3 Å². The molecule has 1 rings (SSSR count). The maximum Gasteiger partial charge on any atom is 0.349 e. The van der Waals surface area contributed by atoms with Crippen LogP contribution in [0, 0.1) is 0 Å². The van der Waals surface area contributed by atoms with Gasteiger partial charge in [0.15, 0.2) is 0 Å². The highest BCUT2D eigenvalue weighted by Crippen LogP contribution is 2.23. The van der Waals surface area contributed by atoms with Crippen LogP contribution in [0.2, 0.25) is 0 Å². The molecule has 0 spiro atoms. The van der Waals surface area contributed by atoms with E-state index < -0.39 is 28.0 Å². The van der Waals surface area contributed by atoms with Gasteiger partial charge in [-0.25, -0.2) is 13.2 Å². The van der Waals surface area contributed by atoms with Crippen LogP contribution in [0.25, 0.3) is 0 Å². The molecule has 0 unspecified atom stereocenters. The normalized spacial score (nSPS) is 12.9. The van der Waals surface area contributed by atoms with E-state index in [1.54, 1.807) is 0 Å². The predicted molar refractivity (Wildman–Crippen MR) is 67.7 cm³/mol. The van der Waals surface area contributed by atoms with Gasteiger partial charge in [0.1, 0.15) is 15.8 Å². The Labute approximate surface area is 114 Å². The molecule has 1 aromatic rings. The van der Waals surface area contributed by atoms with Gasteiger partial charge in [-0.1, -0.05) is 6.92 Å². The fourth-order valence-electron chi connectivity index (χ4n) is 1.31. The smallest absolute Gasteiger partial charge is 0.349 e. The van der Waals surface area contributed by atoms with Crippen molar-refractivity contribution in [3.05, 3.63) is 16.3 Å².